The highest BCUT2D eigenvalue weighted by Crippen LogP contribution is 2.36. The molecule has 0 amide bonds. The van der Waals surface area contributed by atoms with Crippen LogP contribution in [-0.2, 0) is 11.3 Å². The molecule has 1 aromatic carbocycles. The molecule has 2 nitrogen and oxygen atoms in total. The van der Waals surface area contributed by atoms with E-state index in [9.17, 15) is 4.39 Å². The van der Waals surface area contributed by atoms with Crippen LogP contribution in [0.4, 0.5) is 4.39 Å². The van der Waals surface area contributed by atoms with Gasteiger partial charge in [0.25, 0.3) is 0 Å². The van der Waals surface area contributed by atoms with Gasteiger partial charge in [-0.2, -0.15) is 0 Å². The summed E-state index contributed by atoms with van der Waals surface area (Å²) in [5.41, 5.74) is 1.05. The van der Waals surface area contributed by atoms with Crippen molar-refractivity contribution in [2.24, 2.45) is 0 Å². The SMILES string of the molecule is CCCNCc1cccc(F)c1SC1CCOC1C. The molecule has 0 radical (unpaired) electrons. The fraction of sp³-hybridized carbons (Fsp3) is 0.600. The smallest absolute Gasteiger partial charge is 0.137 e. The molecular formula is C15H22FNOS. The van der Waals surface area contributed by atoms with E-state index < -0.39 is 0 Å². The molecule has 1 N–H and O–H groups in total. The van der Waals surface area contributed by atoms with E-state index in [1.165, 1.54) is 0 Å². The Balaban J connectivity index is 2.08. The molecule has 0 aliphatic carbocycles. The van der Waals surface area contributed by atoms with E-state index in [1.54, 1.807) is 23.9 Å². The first-order valence-electron chi connectivity index (χ1n) is 6.98. The zero-order chi connectivity index (χ0) is 13.7. The van der Waals surface area contributed by atoms with Crippen LogP contribution in [0.15, 0.2) is 23.1 Å². The Labute approximate surface area is 119 Å². The molecule has 2 rings (SSSR count). The molecule has 0 aromatic heterocycles. The summed E-state index contributed by atoms with van der Waals surface area (Å²) in [6, 6.07) is 5.34. The second kappa shape index (κ2) is 7.27. The van der Waals surface area contributed by atoms with Crippen molar-refractivity contribution in [2.75, 3.05) is 13.2 Å². The Morgan fingerprint density at radius 3 is 3.00 bits per heavy atom. The van der Waals surface area contributed by atoms with Crippen LogP contribution < -0.4 is 5.32 Å². The number of hydrogen-bond donors (Lipinski definition) is 1. The summed E-state index contributed by atoms with van der Waals surface area (Å²) in [5, 5.41) is 3.71. The lowest BCUT2D eigenvalue weighted by Crippen LogP contribution is -2.17. The quantitative estimate of drug-likeness (QED) is 0.806. The number of ether oxygens (including phenoxy) is 1. The Kier molecular flexibility index (Phi) is 5.67. The second-order valence-electron chi connectivity index (χ2n) is 4.93. The first-order chi connectivity index (χ1) is 9.22. The van der Waals surface area contributed by atoms with E-state index in [0.717, 1.165) is 43.0 Å². The van der Waals surface area contributed by atoms with Crippen molar-refractivity contribution >= 4 is 11.8 Å². The molecule has 0 saturated carbocycles. The van der Waals surface area contributed by atoms with Gasteiger partial charge in [0.2, 0.25) is 0 Å². The van der Waals surface area contributed by atoms with E-state index in [4.69, 9.17) is 4.74 Å². The third-order valence-corrected chi connectivity index (χ3v) is 4.98. The zero-order valence-electron chi connectivity index (χ0n) is 11.6. The molecule has 1 aliphatic rings. The van der Waals surface area contributed by atoms with Crippen LogP contribution in [0, 0.1) is 5.82 Å². The van der Waals surface area contributed by atoms with Gasteiger partial charge in [-0.1, -0.05) is 19.1 Å². The van der Waals surface area contributed by atoms with Gasteiger partial charge < -0.3 is 10.1 Å². The van der Waals surface area contributed by atoms with Crippen LogP contribution in [0.3, 0.4) is 0 Å². The largest absolute Gasteiger partial charge is 0.377 e. The fourth-order valence-electron chi connectivity index (χ4n) is 2.24. The van der Waals surface area contributed by atoms with Gasteiger partial charge in [-0.25, -0.2) is 4.39 Å². The fourth-order valence-corrected chi connectivity index (χ4v) is 3.50. The number of hydrogen-bond acceptors (Lipinski definition) is 3. The lowest BCUT2D eigenvalue weighted by atomic mass is 10.2. The summed E-state index contributed by atoms with van der Waals surface area (Å²) in [5.74, 6) is -0.111. The Morgan fingerprint density at radius 2 is 2.32 bits per heavy atom. The molecule has 1 fully saturated rings. The zero-order valence-corrected chi connectivity index (χ0v) is 12.4. The van der Waals surface area contributed by atoms with Crippen molar-refractivity contribution < 1.29 is 9.13 Å². The predicted molar refractivity (Wildman–Crippen MR) is 78.1 cm³/mol. The molecule has 0 bridgehead atoms. The summed E-state index contributed by atoms with van der Waals surface area (Å²) < 4.78 is 19.6. The summed E-state index contributed by atoms with van der Waals surface area (Å²) in [4.78, 5) is 0.786. The molecule has 2 atom stereocenters. The first-order valence-corrected chi connectivity index (χ1v) is 7.86. The number of benzene rings is 1. The first kappa shape index (κ1) is 14.8. The molecule has 2 unspecified atom stereocenters. The van der Waals surface area contributed by atoms with E-state index in [-0.39, 0.29) is 11.9 Å². The van der Waals surface area contributed by atoms with Gasteiger partial charge in [0, 0.05) is 23.3 Å². The van der Waals surface area contributed by atoms with E-state index in [2.05, 4.69) is 19.2 Å². The van der Waals surface area contributed by atoms with Crippen molar-refractivity contribution in [2.45, 2.75) is 49.5 Å². The number of halogens is 1. The van der Waals surface area contributed by atoms with Gasteiger partial charge in [0.1, 0.15) is 5.82 Å². The third-order valence-electron chi connectivity index (χ3n) is 3.37. The molecule has 1 heterocycles. The summed E-state index contributed by atoms with van der Waals surface area (Å²) >= 11 is 1.63. The van der Waals surface area contributed by atoms with Gasteiger partial charge in [-0.3, -0.25) is 0 Å². The van der Waals surface area contributed by atoms with Crippen molar-refractivity contribution in [1.82, 2.24) is 5.32 Å². The maximum atomic E-state index is 14.1. The van der Waals surface area contributed by atoms with E-state index in [0.29, 0.717) is 5.25 Å². The van der Waals surface area contributed by atoms with Crippen molar-refractivity contribution in [3.63, 3.8) is 0 Å². The van der Waals surface area contributed by atoms with Crippen LogP contribution in [0.5, 0.6) is 0 Å². The maximum absolute atomic E-state index is 14.1. The number of nitrogens with one attached hydrogen (secondary N) is 1. The summed E-state index contributed by atoms with van der Waals surface area (Å²) in [6.07, 6.45) is 2.30. The average Bonchev–Trinajstić information content (AvgIpc) is 2.79. The van der Waals surface area contributed by atoms with Gasteiger partial charge >= 0.3 is 0 Å². The minimum absolute atomic E-state index is 0.111. The van der Waals surface area contributed by atoms with Gasteiger partial charge in [0.05, 0.1) is 6.10 Å². The summed E-state index contributed by atoms with van der Waals surface area (Å²) in [6.45, 7) is 6.68. The topological polar surface area (TPSA) is 21.3 Å². The van der Waals surface area contributed by atoms with Crippen LogP contribution in [0.2, 0.25) is 0 Å². The molecule has 1 saturated heterocycles. The molecule has 0 spiro atoms. The maximum Gasteiger partial charge on any atom is 0.137 e. The highest BCUT2D eigenvalue weighted by molar-refractivity contribution is 8.00. The Morgan fingerprint density at radius 1 is 1.47 bits per heavy atom. The molecule has 4 heteroatoms. The highest BCUT2D eigenvalue weighted by Gasteiger charge is 2.26. The minimum Gasteiger partial charge on any atom is -0.377 e. The van der Waals surface area contributed by atoms with Crippen LogP contribution in [0.1, 0.15) is 32.3 Å². The normalized spacial score (nSPS) is 22.9. The highest BCUT2D eigenvalue weighted by atomic mass is 32.2. The van der Waals surface area contributed by atoms with Crippen LogP contribution >= 0.6 is 11.8 Å². The standard InChI is InChI=1S/C15H22FNOS/c1-3-8-17-10-12-5-4-6-13(16)15(12)19-14-7-9-18-11(14)2/h4-6,11,14,17H,3,7-10H2,1-2H3. The van der Waals surface area contributed by atoms with Crippen molar-refractivity contribution in [3.05, 3.63) is 29.6 Å². The Bertz CT molecular complexity index is 413. The lowest BCUT2D eigenvalue weighted by molar-refractivity contribution is 0.127. The van der Waals surface area contributed by atoms with E-state index >= 15 is 0 Å². The molecule has 1 aliphatic heterocycles. The second-order valence-corrected chi connectivity index (χ2v) is 6.18. The number of rotatable bonds is 6. The number of thioether (sulfide) groups is 1. The minimum atomic E-state index is -0.111. The van der Waals surface area contributed by atoms with Gasteiger partial charge in [-0.05, 0) is 37.9 Å². The Hall–Kier alpha value is -0.580. The molecular weight excluding hydrogens is 261 g/mol. The van der Waals surface area contributed by atoms with Crippen LogP contribution in [0.25, 0.3) is 0 Å². The van der Waals surface area contributed by atoms with Crippen molar-refractivity contribution in [3.8, 4) is 0 Å². The lowest BCUT2D eigenvalue weighted by Gasteiger charge is -2.17. The van der Waals surface area contributed by atoms with Crippen LogP contribution in [-0.4, -0.2) is 24.5 Å². The van der Waals surface area contributed by atoms with E-state index in [1.807, 2.05) is 6.07 Å². The molecule has 1 aromatic rings. The summed E-state index contributed by atoms with van der Waals surface area (Å²) in [7, 11) is 0. The molecule has 19 heavy (non-hydrogen) atoms. The third kappa shape index (κ3) is 3.94. The van der Waals surface area contributed by atoms with Gasteiger partial charge in [0.15, 0.2) is 0 Å². The monoisotopic (exact) mass is 283 g/mol. The molecule has 106 valence electrons. The van der Waals surface area contributed by atoms with Gasteiger partial charge in [-0.15, -0.1) is 11.8 Å². The predicted octanol–water partition coefficient (Wildman–Crippen LogP) is 3.59. The van der Waals surface area contributed by atoms with Crippen molar-refractivity contribution in [1.29, 1.82) is 0 Å². The average molecular weight is 283 g/mol.